The van der Waals surface area contributed by atoms with Gasteiger partial charge in [-0.05, 0) is 31.6 Å². The van der Waals surface area contributed by atoms with Crippen molar-refractivity contribution in [3.05, 3.63) is 0 Å². The van der Waals surface area contributed by atoms with Crippen molar-refractivity contribution in [3.63, 3.8) is 0 Å². The summed E-state index contributed by atoms with van der Waals surface area (Å²) in [4.78, 5) is 0. The highest BCUT2D eigenvalue weighted by Crippen LogP contribution is 2.32. The van der Waals surface area contributed by atoms with Crippen molar-refractivity contribution in [1.29, 1.82) is 0 Å². The minimum atomic E-state index is 0.684. The van der Waals surface area contributed by atoms with Crippen LogP contribution in [0.3, 0.4) is 0 Å². The van der Waals surface area contributed by atoms with Crippen LogP contribution < -0.4 is 0 Å². The molecule has 0 aromatic heterocycles. The van der Waals surface area contributed by atoms with Crippen molar-refractivity contribution in [3.8, 4) is 11.8 Å². The molecule has 1 aliphatic rings. The zero-order chi connectivity index (χ0) is 8.27. The van der Waals surface area contributed by atoms with Gasteiger partial charge in [-0.25, -0.2) is 0 Å². The van der Waals surface area contributed by atoms with Crippen LogP contribution in [0.15, 0.2) is 0 Å². The van der Waals surface area contributed by atoms with E-state index in [1.54, 1.807) is 0 Å². The summed E-state index contributed by atoms with van der Waals surface area (Å²) in [6.07, 6.45) is 4.10. The first-order valence-corrected chi connectivity index (χ1v) is 4.66. The Morgan fingerprint density at radius 1 is 1.18 bits per heavy atom. The van der Waals surface area contributed by atoms with Crippen LogP contribution in [0, 0.1) is 29.6 Å². The third kappa shape index (κ3) is 2.26. The molecule has 0 amide bonds. The molecule has 0 heteroatoms. The normalized spacial score (nSPS) is 37.5. The Labute approximate surface area is 70.4 Å². The molecular formula is C11H18. The lowest BCUT2D eigenvalue weighted by Crippen LogP contribution is -2.20. The minimum absolute atomic E-state index is 0.684. The van der Waals surface area contributed by atoms with Gasteiger partial charge in [-0.2, -0.15) is 0 Å². The van der Waals surface area contributed by atoms with Crippen LogP contribution in [0.4, 0.5) is 0 Å². The molecule has 0 N–H and O–H groups in total. The summed E-state index contributed by atoms with van der Waals surface area (Å²) in [7, 11) is 0. The summed E-state index contributed by atoms with van der Waals surface area (Å²) in [5.41, 5.74) is 0. The molecule has 1 fully saturated rings. The van der Waals surface area contributed by atoms with Gasteiger partial charge < -0.3 is 0 Å². The lowest BCUT2D eigenvalue weighted by molar-refractivity contribution is 0.251. The first-order valence-electron chi connectivity index (χ1n) is 4.66. The summed E-state index contributed by atoms with van der Waals surface area (Å²) in [5.74, 6) is 8.77. The Morgan fingerprint density at radius 3 is 2.55 bits per heavy atom. The van der Waals surface area contributed by atoms with Gasteiger partial charge in [0.1, 0.15) is 0 Å². The standard InChI is InChI=1S/C11H18/c1-4-5-11-8-9(2)6-7-10(11)3/h9-11H,6-8H2,1-3H3/t9-,10+,11?/m0/s1. The largest absolute Gasteiger partial charge is 0.106 e. The molecule has 0 radical (unpaired) electrons. The third-order valence-electron chi connectivity index (χ3n) is 2.79. The van der Waals surface area contributed by atoms with E-state index in [9.17, 15) is 0 Å². The monoisotopic (exact) mass is 150 g/mol. The van der Waals surface area contributed by atoms with Crippen LogP contribution in [-0.4, -0.2) is 0 Å². The highest BCUT2D eigenvalue weighted by molar-refractivity contribution is 5.04. The fourth-order valence-electron chi connectivity index (χ4n) is 1.92. The van der Waals surface area contributed by atoms with E-state index in [1.165, 1.54) is 19.3 Å². The Kier molecular flexibility index (Phi) is 3.00. The molecule has 0 spiro atoms. The molecule has 0 bridgehead atoms. The second-order valence-corrected chi connectivity index (χ2v) is 3.90. The molecule has 62 valence electrons. The summed E-state index contributed by atoms with van der Waals surface area (Å²) in [5, 5.41) is 0. The van der Waals surface area contributed by atoms with Gasteiger partial charge in [0.25, 0.3) is 0 Å². The Bertz CT molecular complexity index is 170. The fourth-order valence-corrected chi connectivity index (χ4v) is 1.92. The average Bonchev–Trinajstić information content (AvgIpc) is 1.98. The molecule has 1 aliphatic carbocycles. The highest BCUT2D eigenvalue weighted by Gasteiger charge is 2.23. The molecule has 1 unspecified atom stereocenters. The van der Waals surface area contributed by atoms with Crippen molar-refractivity contribution in [2.45, 2.75) is 40.0 Å². The Balaban J connectivity index is 2.51. The maximum absolute atomic E-state index is 3.31. The number of hydrogen-bond donors (Lipinski definition) is 0. The zero-order valence-corrected chi connectivity index (χ0v) is 7.85. The smallest absolute Gasteiger partial charge is 0.0230 e. The van der Waals surface area contributed by atoms with E-state index in [-0.39, 0.29) is 0 Å². The van der Waals surface area contributed by atoms with Crippen LogP contribution in [0.5, 0.6) is 0 Å². The van der Waals surface area contributed by atoms with E-state index >= 15 is 0 Å². The number of hydrogen-bond acceptors (Lipinski definition) is 0. The van der Waals surface area contributed by atoms with Crippen LogP contribution in [0.2, 0.25) is 0 Å². The quantitative estimate of drug-likeness (QED) is 0.465. The predicted octanol–water partition coefficient (Wildman–Crippen LogP) is 3.08. The molecular weight excluding hydrogens is 132 g/mol. The minimum Gasteiger partial charge on any atom is -0.106 e. The summed E-state index contributed by atoms with van der Waals surface area (Å²) >= 11 is 0. The molecule has 0 nitrogen and oxygen atoms in total. The topological polar surface area (TPSA) is 0 Å². The van der Waals surface area contributed by atoms with Crippen LogP contribution in [0.25, 0.3) is 0 Å². The van der Waals surface area contributed by atoms with Crippen molar-refractivity contribution in [2.24, 2.45) is 17.8 Å². The Morgan fingerprint density at radius 2 is 1.91 bits per heavy atom. The van der Waals surface area contributed by atoms with Crippen LogP contribution >= 0.6 is 0 Å². The molecule has 0 aromatic carbocycles. The van der Waals surface area contributed by atoms with Gasteiger partial charge in [0, 0.05) is 5.92 Å². The molecule has 3 atom stereocenters. The lowest BCUT2D eigenvalue weighted by atomic mass is 9.76. The van der Waals surface area contributed by atoms with E-state index in [4.69, 9.17) is 0 Å². The van der Waals surface area contributed by atoms with Crippen molar-refractivity contribution in [2.75, 3.05) is 0 Å². The fraction of sp³-hybridized carbons (Fsp3) is 0.818. The number of rotatable bonds is 0. The van der Waals surface area contributed by atoms with E-state index in [0.717, 1.165) is 11.8 Å². The SMILES string of the molecule is CC#CC1C[C@@H](C)CC[C@H]1C. The molecule has 1 rings (SSSR count). The summed E-state index contributed by atoms with van der Waals surface area (Å²) in [6.45, 7) is 6.63. The highest BCUT2D eigenvalue weighted by atomic mass is 14.3. The second-order valence-electron chi connectivity index (χ2n) is 3.90. The zero-order valence-electron chi connectivity index (χ0n) is 7.85. The van der Waals surface area contributed by atoms with Gasteiger partial charge >= 0.3 is 0 Å². The van der Waals surface area contributed by atoms with Gasteiger partial charge in [-0.3, -0.25) is 0 Å². The molecule has 0 aliphatic heterocycles. The van der Waals surface area contributed by atoms with Gasteiger partial charge in [0.15, 0.2) is 0 Å². The second kappa shape index (κ2) is 3.81. The van der Waals surface area contributed by atoms with E-state index in [2.05, 4.69) is 25.7 Å². The van der Waals surface area contributed by atoms with Crippen LogP contribution in [0.1, 0.15) is 40.0 Å². The molecule has 0 saturated heterocycles. The first kappa shape index (κ1) is 8.65. The van der Waals surface area contributed by atoms with Crippen molar-refractivity contribution < 1.29 is 0 Å². The van der Waals surface area contributed by atoms with E-state index in [1.807, 2.05) is 6.92 Å². The van der Waals surface area contributed by atoms with Gasteiger partial charge in [-0.15, -0.1) is 5.92 Å². The third-order valence-corrected chi connectivity index (χ3v) is 2.79. The van der Waals surface area contributed by atoms with E-state index in [0.29, 0.717) is 5.92 Å². The van der Waals surface area contributed by atoms with E-state index < -0.39 is 0 Å². The van der Waals surface area contributed by atoms with Gasteiger partial charge in [0.05, 0.1) is 0 Å². The van der Waals surface area contributed by atoms with Crippen molar-refractivity contribution >= 4 is 0 Å². The molecule has 1 saturated carbocycles. The summed E-state index contributed by atoms with van der Waals surface area (Å²) in [6, 6.07) is 0. The summed E-state index contributed by atoms with van der Waals surface area (Å²) < 4.78 is 0. The lowest BCUT2D eigenvalue weighted by Gasteiger charge is -2.28. The molecule has 0 aromatic rings. The van der Waals surface area contributed by atoms with Gasteiger partial charge in [0.2, 0.25) is 0 Å². The maximum atomic E-state index is 3.31. The predicted molar refractivity (Wildman–Crippen MR) is 49.1 cm³/mol. The van der Waals surface area contributed by atoms with Crippen LogP contribution in [-0.2, 0) is 0 Å². The molecule has 11 heavy (non-hydrogen) atoms. The first-order chi connectivity index (χ1) is 5.24. The Hall–Kier alpha value is -0.440. The molecule has 0 heterocycles. The average molecular weight is 150 g/mol. The van der Waals surface area contributed by atoms with Gasteiger partial charge in [-0.1, -0.05) is 26.2 Å². The van der Waals surface area contributed by atoms with Crippen molar-refractivity contribution in [1.82, 2.24) is 0 Å². The maximum Gasteiger partial charge on any atom is 0.0230 e.